The van der Waals surface area contributed by atoms with Crippen LogP contribution in [0, 0.1) is 0 Å². The van der Waals surface area contributed by atoms with Crippen molar-refractivity contribution in [1.82, 2.24) is 10.2 Å². The fourth-order valence-electron chi connectivity index (χ4n) is 2.49. The third-order valence-electron chi connectivity index (χ3n) is 3.97. The molecule has 0 aromatic heterocycles. The van der Waals surface area contributed by atoms with Crippen LogP contribution in [0.4, 0.5) is 18.0 Å². The molecule has 0 aliphatic heterocycles. The summed E-state index contributed by atoms with van der Waals surface area (Å²) >= 11 is 0. The van der Waals surface area contributed by atoms with Crippen molar-refractivity contribution in [1.29, 1.82) is 0 Å². The smallest absolute Gasteiger partial charge is 0.422 e. The monoisotopic (exact) mass is 310 g/mol. The quantitative estimate of drug-likeness (QED) is 0.839. The Hall–Kier alpha value is -1.47. The molecule has 122 valence electrons. The molecule has 1 rings (SSSR count). The molecular weight excluding hydrogens is 289 g/mol. The van der Waals surface area contributed by atoms with Crippen LogP contribution < -0.4 is 5.32 Å². The van der Waals surface area contributed by atoms with Crippen LogP contribution in [0.3, 0.4) is 0 Å². The number of hydrogen-bond donors (Lipinski definition) is 2. The van der Waals surface area contributed by atoms with E-state index in [1.807, 2.05) is 0 Å². The number of hydrogen-bond acceptors (Lipinski definition) is 2. The summed E-state index contributed by atoms with van der Waals surface area (Å²) in [5.41, 5.74) is -3.29. The number of carbonyl (C=O) groups excluding carboxylic acids is 1. The number of aliphatic carboxylic acids is 1. The molecule has 1 saturated carbocycles. The summed E-state index contributed by atoms with van der Waals surface area (Å²) in [6.07, 6.45) is -0.715. The highest BCUT2D eigenvalue weighted by Crippen LogP contribution is 2.31. The maximum atomic E-state index is 12.9. The van der Waals surface area contributed by atoms with Crippen molar-refractivity contribution in [3.63, 3.8) is 0 Å². The Balaban J connectivity index is 2.87. The van der Waals surface area contributed by atoms with Crippen LogP contribution in [0.25, 0.3) is 0 Å². The molecule has 2 amide bonds. The van der Waals surface area contributed by atoms with E-state index in [1.54, 1.807) is 12.2 Å². The van der Waals surface area contributed by atoms with Crippen LogP contribution in [-0.2, 0) is 4.79 Å². The largest absolute Gasteiger partial charge is 0.479 e. The van der Waals surface area contributed by atoms with Crippen molar-refractivity contribution in [2.45, 2.75) is 63.7 Å². The molecule has 0 aromatic carbocycles. The van der Waals surface area contributed by atoms with Crippen molar-refractivity contribution < 1.29 is 27.9 Å². The lowest BCUT2D eigenvalue weighted by atomic mass is 9.94. The molecule has 0 spiro atoms. The lowest BCUT2D eigenvalue weighted by molar-refractivity contribution is -0.203. The van der Waals surface area contributed by atoms with E-state index in [2.05, 4.69) is 0 Å². The molecule has 1 atom stereocenters. The number of carboxylic acid groups (broad SMARTS) is 1. The molecule has 1 fully saturated rings. The summed E-state index contributed by atoms with van der Waals surface area (Å²) < 4.78 is 38.7. The van der Waals surface area contributed by atoms with E-state index in [4.69, 9.17) is 5.11 Å². The first kappa shape index (κ1) is 17.6. The highest BCUT2D eigenvalue weighted by atomic mass is 19.4. The fraction of sp³-hybridized carbons (Fsp3) is 0.846. The first-order valence-electron chi connectivity index (χ1n) is 7.02. The average molecular weight is 310 g/mol. The molecule has 0 bridgehead atoms. The molecule has 0 saturated heterocycles. The van der Waals surface area contributed by atoms with Gasteiger partial charge in [-0.2, -0.15) is 13.2 Å². The van der Waals surface area contributed by atoms with Gasteiger partial charge in [0.25, 0.3) is 0 Å². The lowest BCUT2D eigenvalue weighted by Crippen LogP contribution is -2.64. The Morgan fingerprint density at radius 2 is 1.76 bits per heavy atom. The van der Waals surface area contributed by atoms with Crippen molar-refractivity contribution >= 4 is 12.0 Å². The van der Waals surface area contributed by atoms with Gasteiger partial charge in [-0.25, -0.2) is 9.59 Å². The first-order valence-corrected chi connectivity index (χ1v) is 7.02. The van der Waals surface area contributed by atoms with Crippen molar-refractivity contribution in [3.05, 3.63) is 0 Å². The zero-order chi connectivity index (χ0) is 16.3. The molecule has 5 nitrogen and oxygen atoms in total. The minimum Gasteiger partial charge on any atom is -0.479 e. The van der Waals surface area contributed by atoms with Gasteiger partial charge < -0.3 is 15.3 Å². The molecule has 0 aromatic rings. The molecule has 1 unspecified atom stereocenters. The third kappa shape index (κ3) is 3.79. The minimum atomic E-state index is -5.07. The number of amides is 2. The normalized spacial score (nSPS) is 19.7. The Morgan fingerprint density at radius 1 is 1.24 bits per heavy atom. The van der Waals surface area contributed by atoms with E-state index in [1.165, 1.54) is 4.90 Å². The van der Waals surface area contributed by atoms with E-state index in [0.29, 0.717) is 6.92 Å². The number of nitrogens with zero attached hydrogens (tertiary/aromatic N) is 1. The van der Waals surface area contributed by atoms with E-state index in [9.17, 15) is 22.8 Å². The highest BCUT2D eigenvalue weighted by Gasteiger charge is 2.59. The summed E-state index contributed by atoms with van der Waals surface area (Å²) in [5.74, 6) is -2.12. The molecule has 8 heteroatoms. The Kier molecular flexibility index (Phi) is 5.47. The van der Waals surface area contributed by atoms with Crippen LogP contribution in [-0.4, -0.2) is 46.3 Å². The standard InChI is InChI=1S/C13H21F3N2O3/c1-3-18(9-7-5-4-6-8-9)11(21)17-12(2,10(19)20)13(14,15)16/h9H,3-8H2,1-2H3,(H,17,21)(H,19,20). The number of alkyl halides is 3. The van der Waals surface area contributed by atoms with Crippen LogP contribution in [0.5, 0.6) is 0 Å². The zero-order valence-electron chi connectivity index (χ0n) is 12.2. The highest BCUT2D eigenvalue weighted by molar-refractivity contribution is 5.86. The maximum absolute atomic E-state index is 12.9. The molecule has 1 aliphatic carbocycles. The SMILES string of the molecule is CCN(C(=O)NC(C)(C(=O)O)C(F)(F)F)C1CCCCC1. The van der Waals surface area contributed by atoms with Gasteiger partial charge in [0.15, 0.2) is 0 Å². The summed E-state index contributed by atoms with van der Waals surface area (Å²) in [5, 5.41) is 10.5. The summed E-state index contributed by atoms with van der Waals surface area (Å²) in [4.78, 5) is 24.3. The van der Waals surface area contributed by atoms with Gasteiger partial charge in [0.05, 0.1) is 0 Å². The molecule has 0 heterocycles. The Labute approximate surface area is 121 Å². The Bertz CT molecular complexity index is 395. The third-order valence-corrected chi connectivity index (χ3v) is 3.97. The second-order valence-corrected chi connectivity index (χ2v) is 5.44. The van der Waals surface area contributed by atoms with Crippen LogP contribution in [0.2, 0.25) is 0 Å². The predicted octanol–water partition coefficient (Wildman–Crippen LogP) is 2.76. The van der Waals surface area contributed by atoms with E-state index >= 15 is 0 Å². The first-order chi connectivity index (χ1) is 9.63. The van der Waals surface area contributed by atoms with Gasteiger partial charge in [-0.15, -0.1) is 0 Å². The summed E-state index contributed by atoms with van der Waals surface area (Å²) in [6, 6.07) is -1.11. The number of rotatable bonds is 4. The minimum absolute atomic E-state index is 0.130. The number of carbonyl (C=O) groups is 2. The maximum Gasteiger partial charge on any atom is 0.422 e. The van der Waals surface area contributed by atoms with Crippen LogP contribution in [0.1, 0.15) is 46.0 Å². The predicted molar refractivity (Wildman–Crippen MR) is 69.9 cm³/mol. The Morgan fingerprint density at radius 3 is 2.14 bits per heavy atom. The number of carboxylic acids is 1. The van der Waals surface area contributed by atoms with Gasteiger partial charge in [-0.1, -0.05) is 19.3 Å². The van der Waals surface area contributed by atoms with Crippen molar-refractivity contribution in [2.24, 2.45) is 0 Å². The molecule has 0 radical (unpaired) electrons. The lowest BCUT2D eigenvalue weighted by Gasteiger charge is -2.37. The second kappa shape index (κ2) is 6.53. The van der Waals surface area contributed by atoms with Crippen LogP contribution in [0.15, 0.2) is 0 Å². The molecule has 21 heavy (non-hydrogen) atoms. The average Bonchev–Trinajstić information content (AvgIpc) is 2.39. The van der Waals surface area contributed by atoms with Gasteiger partial charge in [0.2, 0.25) is 5.54 Å². The van der Waals surface area contributed by atoms with Crippen LogP contribution >= 0.6 is 0 Å². The number of nitrogens with one attached hydrogen (secondary N) is 1. The summed E-state index contributed by atoms with van der Waals surface area (Å²) in [7, 11) is 0. The topological polar surface area (TPSA) is 69.6 Å². The van der Waals surface area contributed by atoms with Gasteiger partial charge in [0.1, 0.15) is 0 Å². The zero-order valence-corrected chi connectivity index (χ0v) is 12.2. The van der Waals surface area contributed by atoms with E-state index in [0.717, 1.165) is 32.1 Å². The second-order valence-electron chi connectivity index (χ2n) is 5.44. The molecule has 2 N–H and O–H groups in total. The number of urea groups is 1. The fourth-order valence-corrected chi connectivity index (χ4v) is 2.49. The van der Waals surface area contributed by atoms with Gasteiger partial charge in [0, 0.05) is 12.6 Å². The van der Waals surface area contributed by atoms with Gasteiger partial charge >= 0.3 is 18.2 Å². The molecular formula is C13H21F3N2O3. The van der Waals surface area contributed by atoms with Crippen molar-refractivity contribution in [3.8, 4) is 0 Å². The van der Waals surface area contributed by atoms with Gasteiger partial charge in [-0.3, -0.25) is 0 Å². The number of halogens is 3. The van der Waals surface area contributed by atoms with E-state index in [-0.39, 0.29) is 12.6 Å². The van der Waals surface area contributed by atoms with Gasteiger partial charge in [-0.05, 0) is 26.7 Å². The summed E-state index contributed by atoms with van der Waals surface area (Å²) in [6.45, 7) is 2.37. The van der Waals surface area contributed by atoms with E-state index < -0.39 is 23.7 Å². The molecule has 1 aliphatic rings. The van der Waals surface area contributed by atoms with Crippen molar-refractivity contribution in [2.75, 3.05) is 6.54 Å².